The smallest absolute Gasteiger partial charge is 0.276 e. The van der Waals surface area contributed by atoms with Crippen LogP contribution in [0.3, 0.4) is 0 Å². The van der Waals surface area contributed by atoms with Crippen LogP contribution in [0.2, 0.25) is 0 Å². The van der Waals surface area contributed by atoms with Gasteiger partial charge in [0.2, 0.25) is 6.79 Å². The largest absolute Gasteiger partial charge is 0.454 e. The molecule has 9 heteroatoms. The molecule has 3 heterocycles. The molecule has 5 rings (SSSR count). The predicted octanol–water partition coefficient (Wildman–Crippen LogP) is 2.07. The van der Waals surface area contributed by atoms with Gasteiger partial charge in [-0.05, 0) is 36.1 Å². The van der Waals surface area contributed by atoms with Gasteiger partial charge in [0.1, 0.15) is 5.70 Å². The lowest BCUT2D eigenvalue weighted by Gasteiger charge is -2.34. The van der Waals surface area contributed by atoms with Crippen LogP contribution >= 0.6 is 27.7 Å². The van der Waals surface area contributed by atoms with Crippen molar-refractivity contribution in [3.05, 3.63) is 57.0 Å². The second-order valence-electron chi connectivity index (χ2n) is 6.26. The van der Waals surface area contributed by atoms with Crippen LogP contribution in [0.1, 0.15) is 18.7 Å². The summed E-state index contributed by atoms with van der Waals surface area (Å²) in [6.07, 6.45) is -0.475. The van der Waals surface area contributed by atoms with Crippen molar-refractivity contribution in [2.75, 3.05) is 12.5 Å². The van der Waals surface area contributed by atoms with E-state index in [0.29, 0.717) is 22.4 Å². The number of ether oxygens (including phenoxy) is 2. The molecule has 7 nitrogen and oxygen atoms in total. The first-order valence-electron chi connectivity index (χ1n) is 8.73. The number of hydrazone groups is 1. The van der Waals surface area contributed by atoms with Gasteiger partial charge in [-0.25, -0.2) is 5.01 Å². The number of hydrogen-bond acceptors (Lipinski definition) is 7. The molecule has 0 bridgehead atoms. The molecular formula is C19H15BrN4O3S. The lowest BCUT2D eigenvalue weighted by atomic mass is 10.1. The minimum atomic E-state index is -0.475. The fourth-order valence-corrected chi connectivity index (χ4v) is 4.29. The topological polar surface area (TPSA) is 75.5 Å². The molecule has 0 spiro atoms. The van der Waals surface area contributed by atoms with Crippen LogP contribution in [0.15, 0.2) is 51.0 Å². The van der Waals surface area contributed by atoms with E-state index in [9.17, 15) is 4.79 Å². The van der Waals surface area contributed by atoms with Gasteiger partial charge in [0, 0.05) is 15.3 Å². The number of carbonyl (C=O) groups excluding carboxylic acids is 1. The van der Waals surface area contributed by atoms with Gasteiger partial charge in [-0.2, -0.15) is 0 Å². The summed E-state index contributed by atoms with van der Waals surface area (Å²) in [7, 11) is 0. The number of fused-ring (bicyclic) bond motifs is 3. The van der Waals surface area contributed by atoms with Crippen molar-refractivity contribution in [3.63, 3.8) is 0 Å². The molecule has 0 aromatic heterocycles. The Kier molecular flexibility index (Phi) is 4.28. The van der Waals surface area contributed by atoms with Crippen molar-refractivity contribution in [1.29, 1.82) is 0 Å². The highest BCUT2D eigenvalue weighted by Crippen LogP contribution is 2.38. The van der Waals surface area contributed by atoms with Gasteiger partial charge in [0.15, 0.2) is 22.8 Å². The molecule has 0 aliphatic carbocycles. The van der Waals surface area contributed by atoms with Crippen LogP contribution in [0, 0.1) is 0 Å². The molecule has 0 unspecified atom stereocenters. The van der Waals surface area contributed by atoms with E-state index in [1.54, 1.807) is 5.01 Å². The molecule has 0 saturated heterocycles. The lowest BCUT2D eigenvalue weighted by Crippen LogP contribution is -2.50. The Bertz CT molecular complexity index is 1150. The SMILES string of the molecule is CCSC1=NN2C(=c3cc(Br)ccc3=N[C@H]2c2ccc3c(c2)OCO3)C(=O)N1. The van der Waals surface area contributed by atoms with E-state index in [-0.39, 0.29) is 12.7 Å². The van der Waals surface area contributed by atoms with Crippen LogP contribution in [0.25, 0.3) is 5.70 Å². The molecule has 1 N–H and O–H groups in total. The summed E-state index contributed by atoms with van der Waals surface area (Å²) in [6.45, 7) is 2.22. The van der Waals surface area contributed by atoms with Gasteiger partial charge >= 0.3 is 0 Å². The molecule has 142 valence electrons. The quantitative estimate of drug-likeness (QED) is 0.745. The lowest BCUT2D eigenvalue weighted by molar-refractivity contribution is -0.116. The number of rotatable bonds is 2. The van der Waals surface area contributed by atoms with Crippen LogP contribution < -0.4 is 25.4 Å². The molecule has 28 heavy (non-hydrogen) atoms. The van der Waals surface area contributed by atoms with E-state index in [1.807, 2.05) is 43.3 Å². The minimum absolute atomic E-state index is 0.189. The summed E-state index contributed by atoms with van der Waals surface area (Å²) in [5.74, 6) is 1.99. The highest BCUT2D eigenvalue weighted by atomic mass is 79.9. The molecule has 2 aromatic rings. The highest BCUT2D eigenvalue weighted by Gasteiger charge is 2.35. The zero-order valence-corrected chi connectivity index (χ0v) is 17.2. The first-order chi connectivity index (χ1) is 13.6. The van der Waals surface area contributed by atoms with E-state index in [4.69, 9.17) is 14.5 Å². The van der Waals surface area contributed by atoms with Crippen molar-refractivity contribution < 1.29 is 14.3 Å². The maximum absolute atomic E-state index is 13.0. The van der Waals surface area contributed by atoms with Gasteiger partial charge in [-0.15, -0.1) is 5.10 Å². The molecule has 0 saturated carbocycles. The van der Waals surface area contributed by atoms with E-state index < -0.39 is 6.17 Å². The number of nitrogens with one attached hydrogen (secondary N) is 1. The highest BCUT2D eigenvalue weighted by molar-refractivity contribution is 9.10. The van der Waals surface area contributed by atoms with E-state index >= 15 is 0 Å². The zero-order valence-electron chi connectivity index (χ0n) is 14.8. The van der Waals surface area contributed by atoms with Gasteiger partial charge in [-0.3, -0.25) is 15.1 Å². The number of amidine groups is 1. The summed E-state index contributed by atoms with van der Waals surface area (Å²) in [6, 6.07) is 11.4. The molecule has 1 amide bonds. The van der Waals surface area contributed by atoms with E-state index in [0.717, 1.165) is 26.4 Å². The zero-order chi connectivity index (χ0) is 19.3. The van der Waals surface area contributed by atoms with Crippen LogP contribution in [0.5, 0.6) is 11.5 Å². The number of nitrogens with zero attached hydrogens (tertiary/aromatic N) is 3. The van der Waals surface area contributed by atoms with Gasteiger partial charge in [0.25, 0.3) is 5.91 Å². The predicted molar refractivity (Wildman–Crippen MR) is 109 cm³/mol. The van der Waals surface area contributed by atoms with Gasteiger partial charge in [-0.1, -0.05) is 40.7 Å². The Balaban J connectivity index is 1.72. The normalized spacial score (nSPS) is 19.4. The molecule has 0 fully saturated rings. The maximum Gasteiger partial charge on any atom is 0.276 e. The maximum atomic E-state index is 13.0. The van der Waals surface area contributed by atoms with Crippen molar-refractivity contribution >= 4 is 44.5 Å². The first kappa shape index (κ1) is 17.6. The Labute approximate surface area is 173 Å². The van der Waals surface area contributed by atoms with Crippen molar-refractivity contribution in [3.8, 4) is 11.5 Å². The first-order valence-corrected chi connectivity index (χ1v) is 10.5. The standard InChI is InChI=1S/C19H15BrN4O3S/c1-2-28-19-22-18(25)16-12-8-11(20)4-5-13(12)21-17(24(16)23-19)10-3-6-14-15(7-10)27-9-26-14/h3-8,17H,2,9H2,1H3,(H,22,23,25)/t17-/m1/s1. The number of benzene rings is 2. The number of amides is 1. The van der Waals surface area contributed by atoms with Gasteiger partial charge in [0.05, 0.1) is 5.36 Å². The second kappa shape index (κ2) is 6.82. The Morgan fingerprint density at radius 1 is 1.25 bits per heavy atom. The average molecular weight is 459 g/mol. The number of halogens is 1. The van der Waals surface area contributed by atoms with Crippen molar-refractivity contribution in [1.82, 2.24) is 10.3 Å². The van der Waals surface area contributed by atoms with E-state index in [1.165, 1.54) is 11.8 Å². The van der Waals surface area contributed by atoms with Crippen LogP contribution in [-0.4, -0.2) is 28.6 Å². The van der Waals surface area contributed by atoms with Crippen molar-refractivity contribution in [2.24, 2.45) is 10.1 Å². The van der Waals surface area contributed by atoms with Gasteiger partial charge < -0.3 is 9.47 Å². The third kappa shape index (κ3) is 2.85. The summed E-state index contributed by atoms with van der Waals surface area (Å²) >= 11 is 4.96. The molecule has 0 radical (unpaired) electrons. The Morgan fingerprint density at radius 3 is 2.96 bits per heavy atom. The fourth-order valence-electron chi connectivity index (χ4n) is 3.34. The summed E-state index contributed by atoms with van der Waals surface area (Å²) in [5.41, 5.74) is 1.35. The number of hydrogen-bond donors (Lipinski definition) is 1. The molecular weight excluding hydrogens is 444 g/mol. The molecule has 3 aliphatic heterocycles. The number of thioether (sulfide) groups is 1. The summed E-state index contributed by atoms with van der Waals surface area (Å²) < 4.78 is 11.8. The fraction of sp³-hybridized carbons (Fsp3) is 0.211. The van der Waals surface area contributed by atoms with Crippen LogP contribution in [0.4, 0.5) is 0 Å². The van der Waals surface area contributed by atoms with Crippen molar-refractivity contribution in [2.45, 2.75) is 13.1 Å². The monoisotopic (exact) mass is 458 g/mol. The second-order valence-corrected chi connectivity index (χ2v) is 8.43. The summed E-state index contributed by atoms with van der Waals surface area (Å²) in [5, 5.41) is 11.3. The Hall–Kier alpha value is -2.52. The molecule has 2 aromatic carbocycles. The van der Waals surface area contributed by atoms with E-state index in [2.05, 4.69) is 26.3 Å². The number of carbonyl (C=O) groups is 1. The third-order valence-corrected chi connectivity index (χ3v) is 5.78. The Morgan fingerprint density at radius 2 is 2.11 bits per heavy atom. The summed E-state index contributed by atoms with van der Waals surface area (Å²) in [4.78, 5) is 17.9. The molecule has 3 aliphatic rings. The average Bonchev–Trinajstić information content (AvgIpc) is 3.15. The molecule has 1 atom stereocenters. The van der Waals surface area contributed by atoms with Crippen LogP contribution in [-0.2, 0) is 4.79 Å². The third-order valence-electron chi connectivity index (χ3n) is 4.55. The minimum Gasteiger partial charge on any atom is -0.454 e.